The Bertz CT molecular complexity index is 802. The fourth-order valence-corrected chi connectivity index (χ4v) is 2.59. The summed E-state index contributed by atoms with van der Waals surface area (Å²) in [6.07, 6.45) is 7.54. The molecule has 1 aromatic carbocycles. The minimum Gasteiger partial charge on any atom is -0.450 e. The maximum Gasteiger partial charge on any atom is 0.404 e. The van der Waals surface area contributed by atoms with Crippen LogP contribution in [0, 0.1) is 12.3 Å². The summed E-state index contributed by atoms with van der Waals surface area (Å²) in [4.78, 5) is 19.1. The predicted octanol–water partition coefficient (Wildman–Crippen LogP) is 3.16. The van der Waals surface area contributed by atoms with Crippen molar-refractivity contribution in [3.63, 3.8) is 0 Å². The first-order chi connectivity index (χ1) is 12.5. The van der Waals surface area contributed by atoms with E-state index in [1.807, 2.05) is 24.3 Å². The van der Waals surface area contributed by atoms with Gasteiger partial charge in [-0.1, -0.05) is 12.1 Å². The third kappa shape index (κ3) is 5.93. The van der Waals surface area contributed by atoms with Crippen LogP contribution in [-0.2, 0) is 17.6 Å². The lowest BCUT2D eigenvalue weighted by molar-refractivity contribution is 0.154. The normalized spacial score (nSPS) is 10.2. The van der Waals surface area contributed by atoms with Gasteiger partial charge in [-0.3, -0.25) is 0 Å². The highest BCUT2D eigenvalue weighted by Crippen LogP contribution is 2.24. The Morgan fingerprint density at radius 1 is 1.27 bits per heavy atom. The topological polar surface area (TPSA) is 116 Å². The summed E-state index contributed by atoms with van der Waals surface area (Å²) in [6, 6.07) is 7.92. The SMILES string of the molecule is C#CCc1nc(Nc2ccc(CCCCOC(N)=O)cc2)nc(N)c1Br. The van der Waals surface area contributed by atoms with Gasteiger partial charge in [0.15, 0.2) is 0 Å². The molecule has 1 heterocycles. The molecule has 136 valence electrons. The molecule has 0 aliphatic heterocycles. The molecule has 26 heavy (non-hydrogen) atoms. The molecule has 8 heteroatoms. The Morgan fingerprint density at radius 2 is 2.00 bits per heavy atom. The molecule has 0 fully saturated rings. The van der Waals surface area contributed by atoms with E-state index in [0.29, 0.717) is 35.0 Å². The molecule has 0 aliphatic carbocycles. The van der Waals surface area contributed by atoms with Gasteiger partial charge in [-0.25, -0.2) is 9.78 Å². The number of aryl methyl sites for hydroxylation is 1. The van der Waals surface area contributed by atoms with E-state index in [2.05, 4.69) is 37.1 Å². The molecule has 0 saturated carbocycles. The van der Waals surface area contributed by atoms with Crippen LogP contribution in [0.15, 0.2) is 28.7 Å². The van der Waals surface area contributed by atoms with E-state index < -0.39 is 6.09 Å². The van der Waals surface area contributed by atoms with Crippen LogP contribution in [0.1, 0.15) is 24.1 Å². The van der Waals surface area contributed by atoms with Crippen molar-refractivity contribution in [2.75, 3.05) is 17.7 Å². The third-order valence-electron chi connectivity index (χ3n) is 3.53. The summed E-state index contributed by atoms with van der Waals surface area (Å²) in [6.45, 7) is 0.345. The van der Waals surface area contributed by atoms with Gasteiger partial charge in [-0.15, -0.1) is 12.3 Å². The third-order valence-corrected chi connectivity index (χ3v) is 4.39. The van der Waals surface area contributed by atoms with Crippen LogP contribution in [-0.4, -0.2) is 22.7 Å². The van der Waals surface area contributed by atoms with E-state index in [4.69, 9.17) is 22.6 Å². The lowest BCUT2D eigenvalue weighted by atomic mass is 10.1. The highest BCUT2D eigenvalue weighted by Gasteiger charge is 2.09. The van der Waals surface area contributed by atoms with Crippen LogP contribution in [0.2, 0.25) is 0 Å². The number of amides is 1. The Balaban J connectivity index is 1.93. The molecule has 0 saturated heterocycles. The number of terminal acetylenes is 1. The van der Waals surface area contributed by atoms with E-state index in [1.165, 1.54) is 5.56 Å². The van der Waals surface area contributed by atoms with E-state index in [-0.39, 0.29) is 0 Å². The first-order valence-electron chi connectivity index (χ1n) is 8.03. The second-order valence-electron chi connectivity index (χ2n) is 5.52. The van der Waals surface area contributed by atoms with Crippen molar-refractivity contribution >= 4 is 39.5 Å². The molecule has 0 aliphatic rings. The number of nitrogen functional groups attached to an aromatic ring is 1. The molecule has 0 radical (unpaired) electrons. The fraction of sp³-hybridized carbons (Fsp3) is 0.278. The number of hydrogen-bond acceptors (Lipinski definition) is 6. The Morgan fingerprint density at radius 3 is 2.65 bits per heavy atom. The highest BCUT2D eigenvalue weighted by molar-refractivity contribution is 9.10. The monoisotopic (exact) mass is 417 g/mol. The average Bonchev–Trinajstić information content (AvgIpc) is 2.60. The molecule has 2 rings (SSSR count). The zero-order chi connectivity index (χ0) is 18.9. The van der Waals surface area contributed by atoms with Gasteiger partial charge in [0.1, 0.15) is 5.82 Å². The summed E-state index contributed by atoms with van der Waals surface area (Å²) in [5.74, 6) is 3.28. The molecule has 0 atom stereocenters. The maximum atomic E-state index is 10.5. The van der Waals surface area contributed by atoms with Crippen molar-refractivity contribution in [3.05, 3.63) is 40.0 Å². The number of halogens is 1. The maximum absolute atomic E-state index is 10.5. The first kappa shape index (κ1) is 19.5. The van der Waals surface area contributed by atoms with Gasteiger partial charge < -0.3 is 21.5 Å². The standard InChI is InChI=1S/C18H20BrN5O2/c1-2-5-14-15(19)16(20)24-18(23-14)22-13-9-7-12(8-10-13)6-3-4-11-26-17(21)25/h1,7-10H,3-6,11H2,(H2,21,25)(H3,20,22,23,24). The second kappa shape index (κ2) is 9.63. The minimum absolute atomic E-state index is 0.336. The number of aromatic nitrogens is 2. The van der Waals surface area contributed by atoms with Crippen molar-refractivity contribution in [2.24, 2.45) is 5.73 Å². The number of carbonyl (C=O) groups is 1. The minimum atomic E-state index is -0.735. The average molecular weight is 418 g/mol. The van der Waals surface area contributed by atoms with Crippen molar-refractivity contribution < 1.29 is 9.53 Å². The summed E-state index contributed by atoms with van der Waals surface area (Å²) in [7, 11) is 0. The van der Waals surface area contributed by atoms with E-state index in [9.17, 15) is 4.79 Å². The van der Waals surface area contributed by atoms with Crippen molar-refractivity contribution in [1.29, 1.82) is 0 Å². The summed E-state index contributed by atoms with van der Waals surface area (Å²) >= 11 is 3.35. The van der Waals surface area contributed by atoms with Gasteiger partial charge in [0, 0.05) is 5.69 Å². The van der Waals surface area contributed by atoms with E-state index in [1.54, 1.807) is 0 Å². The molecule has 7 nitrogen and oxygen atoms in total. The van der Waals surface area contributed by atoms with E-state index in [0.717, 1.165) is 24.9 Å². The Kier molecular flexibility index (Phi) is 7.24. The van der Waals surface area contributed by atoms with Crippen LogP contribution < -0.4 is 16.8 Å². The molecular weight excluding hydrogens is 398 g/mol. The lowest BCUT2D eigenvalue weighted by Gasteiger charge is -2.10. The van der Waals surface area contributed by atoms with Gasteiger partial charge in [-0.2, -0.15) is 4.98 Å². The largest absolute Gasteiger partial charge is 0.450 e. The van der Waals surface area contributed by atoms with E-state index >= 15 is 0 Å². The second-order valence-corrected chi connectivity index (χ2v) is 6.31. The number of nitrogens with zero attached hydrogens (tertiary/aromatic N) is 2. The summed E-state index contributed by atoms with van der Waals surface area (Å²) in [5, 5.41) is 3.12. The number of unbranched alkanes of at least 4 members (excludes halogenated alkanes) is 1. The number of nitrogens with two attached hydrogens (primary N) is 2. The Hall–Kier alpha value is -2.79. The Labute approximate surface area is 160 Å². The first-order valence-corrected chi connectivity index (χ1v) is 8.82. The van der Waals surface area contributed by atoms with Crippen molar-refractivity contribution in [3.8, 4) is 12.3 Å². The van der Waals surface area contributed by atoms with Crippen molar-refractivity contribution in [2.45, 2.75) is 25.7 Å². The molecule has 1 aromatic heterocycles. The van der Waals surface area contributed by atoms with Crippen LogP contribution in [0.3, 0.4) is 0 Å². The molecule has 0 spiro atoms. The van der Waals surface area contributed by atoms with Crippen LogP contribution in [0.5, 0.6) is 0 Å². The summed E-state index contributed by atoms with van der Waals surface area (Å²) < 4.78 is 5.32. The molecule has 0 unspecified atom stereocenters. The quantitative estimate of drug-likeness (QED) is 0.448. The van der Waals surface area contributed by atoms with Gasteiger partial charge in [0.05, 0.1) is 23.2 Å². The molecule has 0 bridgehead atoms. The van der Waals surface area contributed by atoms with Gasteiger partial charge in [-0.05, 0) is 52.9 Å². The van der Waals surface area contributed by atoms with Crippen molar-refractivity contribution in [1.82, 2.24) is 9.97 Å². The fourth-order valence-electron chi connectivity index (χ4n) is 2.27. The number of carbonyl (C=O) groups excluding carboxylic acids is 1. The van der Waals surface area contributed by atoms with Crippen LogP contribution >= 0.6 is 15.9 Å². The predicted molar refractivity (Wildman–Crippen MR) is 105 cm³/mol. The molecule has 2 aromatic rings. The lowest BCUT2D eigenvalue weighted by Crippen LogP contribution is -2.13. The van der Waals surface area contributed by atoms with Gasteiger partial charge in [0.25, 0.3) is 0 Å². The van der Waals surface area contributed by atoms with Gasteiger partial charge in [0.2, 0.25) is 5.95 Å². The number of hydrogen-bond donors (Lipinski definition) is 3. The van der Waals surface area contributed by atoms with Gasteiger partial charge >= 0.3 is 6.09 Å². The molecule has 5 N–H and O–H groups in total. The smallest absolute Gasteiger partial charge is 0.404 e. The van der Waals surface area contributed by atoms with Crippen LogP contribution in [0.25, 0.3) is 0 Å². The summed E-state index contributed by atoms with van der Waals surface area (Å²) in [5.41, 5.74) is 13.5. The number of primary amides is 1. The highest BCUT2D eigenvalue weighted by atomic mass is 79.9. The zero-order valence-electron chi connectivity index (χ0n) is 14.2. The number of ether oxygens (including phenoxy) is 1. The number of nitrogens with one attached hydrogen (secondary N) is 1. The number of anilines is 3. The van der Waals surface area contributed by atoms with Crippen LogP contribution in [0.4, 0.5) is 22.2 Å². The zero-order valence-corrected chi connectivity index (χ0v) is 15.8. The molecular formula is C18H20BrN5O2. The number of benzene rings is 1. The molecule has 1 amide bonds. The number of rotatable bonds is 8.